The maximum atomic E-state index is 12.9. The quantitative estimate of drug-likeness (QED) is 0.858. The molecule has 0 atom stereocenters. The summed E-state index contributed by atoms with van der Waals surface area (Å²) < 4.78 is 43.8. The molecule has 0 aliphatic rings. The second kappa shape index (κ2) is 6.66. The van der Waals surface area contributed by atoms with Crippen molar-refractivity contribution >= 4 is 5.69 Å². The monoisotopic (exact) mass is 292 g/mol. The molecule has 0 unspecified atom stereocenters. The largest absolute Gasteiger partial charge is 0.492 e. The number of benzene rings is 2. The Bertz CT molecular complexity index is 683. The van der Waals surface area contributed by atoms with Crippen LogP contribution in [-0.2, 0) is 0 Å². The van der Waals surface area contributed by atoms with Gasteiger partial charge in [-0.05, 0) is 30.3 Å². The van der Waals surface area contributed by atoms with Gasteiger partial charge < -0.3 is 10.1 Å². The molecule has 0 aromatic heterocycles. The Morgan fingerprint density at radius 1 is 1.05 bits per heavy atom. The summed E-state index contributed by atoms with van der Waals surface area (Å²) >= 11 is 0. The second-order valence-corrected chi connectivity index (χ2v) is 4.15. The zero-order chi connectivity index (χ0) is 15.2. The van der Waals surface area contributed by atoms with Crippen LogP contribution in [-0.4, -0.2) is 13.2 Å². The van der Waals surface area contributed by atoms with Gasteiger partial charge in [-0.1, -0.05) is 0 Å². The standard InChI is InChI=1S/C15H11F3N2O/c16-11-1-4-15(10(7-11)9-19)20-5-6-21-12-2-3-13(17)14(18)8-12/h1-4,7-8,20H,5-6H2. The van der Waals surface area contributed by atoms with Gasteiger partial charge in [0.2, 0.25) is 0 Å². The number of anilines is 1. The Morgan fingerprint density at radius 2 is 1.86 bits per heavy atom. The van der Waals surface area contributed by atoms with Crippen molar-refractivity contribution in [1.82, 2.24) is 0 Å². The van der Waals surface area contributed by atoms with E-state index in [0.29, 0.717) is 12.2 Å². The lowest BCUT2D eigenvalue weighted by molar-refractivity contribution is 0.329. The van der Waals surface area contributed by atoms with Gasteiger partial charge in [-0.15, -0.1) is 0 Å². The van der Waals surface area contributed by atoms with E-state index in [4.69, 9.17) is 10.00 Å². The minimum Gasteiger partial charge on any atom is -0.492 e. The van der Waals surface area contributed by atoms with E-state index in [9.17, 15) is 13.2 Å². The summed E-state index contributed by atoms with van der Waals surface area (Å²) in [6.07, 6.45) is 0. The maximum Gasteiger partial charge on any atom is 0.162 e. The minimum absolute atomic E-state index is 0.174. The SMILES string of the molecule is N#Cc1cc(F)ccc1NCCOc1ccc(F)c(F)c1. The average Bonchev–Trinajstić information content (AvgIpc) is 2.48. The summed E-state index contributed by atoms with van der Waals surface area (Å²) in [6.45, 7) is 0.493. The Hall–Kier alpha value is -2.68. The normalized spacial score (nSPS) is 10.0. The van der Waals surface area contributed by atoms with E-state index in [1.807, 2.05) is 6.07 Å². The third-order valence-corrected chi connectivity index (χ3v) is 2.68. The molecule has 2 rings (SSSR count). The maximum absolute atomic E-state index is 12.9. The van der Waals surface area contributed by atoms with Crippen molar-refractivity contribution in [2.45, 2.75) is 0 Å². The van der Waals surface area contributed by atoms with Crippen molar-refractivity contribution in [1.29, 1.82) is 5.26 Å². The molecule has 108 valence electrons. The van der Waals surface area contributed by atoms with Crippen molar-refractivity contribution in [3.8, 4) is 11.8 Å². The summed E-state index contributed by atoms with van der Waals surface area (Å²) in [7, 11) is 0. The molecular weight excluding hydrogens is 281 g/mol. The van der Waals surface area contributed by atoms with Crippen LogP contribution >= 0.6 is 0 Å². The van der Waals surface area contributed by atoms with E-state index in [0.717, 1.165) is 18.2 Å². The van der Waals surface area contributed by atoms with Crippen molar-refractivity contribution in [3.63, 3.8) is 0 Å². The molecule has 1 N–H and O–H groups in total. The Balaban J connectivity index is 1.87. The molecule has 0 amide bonds. The zero-order valence-corrected chi connectivity index (χ0v) is 10.9. The molecule has 0 spiro atoms. The van der Waals surface area contributed by atoms with Gasteiger partial charge in [0.25, 0.3) is 0 Å². The van der Waals surface area contributed by atoms with Crippen LogP contribution in [0.4, 0.5) is 18.9 Å². The highest BCUT2D eigenvalue weighted by molar-refractivity contribution is 5.57. The molecule has 2 aromatic rings. The van der Waals surface area contributed by atoms with Gasteiger partial charge in [0.05, 0.1) is 11.3 Å². The fourth-order valence-corrected chi connectivity index (χ4v) is 1.68. The van der Waals surface area contributed by atoms with E-state index in [-0.39, 0.29) is 17.9 Å². The molecule has 0 aliphatic heterocycles. The summed E-state index contributed by atoms with van der Waals surface area (Å²) in [5, 5.41) is 11.8. The van der Waals surface area contributed by atoms with Crippen LogP contribution < -0.4 is 10.1 Å². The fraction of sp³-hybridized carbons (Fsp3) is 0.133. The first-order valence-corrected chi connectivity index (χ1v) is 6.11. The zero-order valence-electron chi connectivity index (χ0n) is 10.9. The molecule has 0 saturated carbocycles. The highest BCUT2D eigenvalue weighted by Gasteiger charge is 2.04. The topological polar surface area (TPSA) is 45.0 Å². The lowest BCUT2D eigenvalue weighted by atomic mass is 10.2. The van der Waals surface area contributed by atoms with Crippen LogP contribution in [0.15, 0.2) is 36.4 Å². The number of halogens is 3. The van der Waals surface area contributed by atoms with Gasteiger partial charge in [-0.2, -0.15) is 5.26 Å². The number of ether oxygens (including phenoxy) is 1. The van der Waals surface area contributed by atoms with Crippen LogP contribution in [0.3, 0.4) is 0 Å². The average molecular weight is 292 g/mol. The Kier molecular flexibility index (Phi) is 4.67. The van der Waals surface area contributed by atoms with E-state index < -0.39 is 17.5 Å². The molecular formula is C15H11F3N2O. The third-order valence-electron chi connectivity index (χ3n) is 2.68. The van der Waals surface area contributed by atoms with E-state index in [1.54, 1.807) is 0 Å². The number of nitrogens with one attached hydrogen (secondary N) is 1. The van der Waals surface area contributed by atoms with Crippen molar-refractivity contribution in [2.24, 2.45) is 0 Å². The first-order valence-electron chi connectivity index (χ1n) is 6.11. The van der Waals surface area contributed by atoms with Crippen LogP contribution in [0.1, 0.15) is 5.56 Å². The van der Waals surface area contributed by atoms with Crippen LogP contribution in [0.25, 0.3) is 0 Å². The van der Waals surface area contributed by atoms with Crippen LogP contribution in [0.2, 0.25) is 0 Å². The highest BCUT2D eigenvalue weighted by atomic mass is 19.2. The molecule has 6 heteroatoms. The van der Waals surface area contributed by atoms with Gasteiger partial charge in [0, 0.05) is 12.6 Å². The third kappa shape index (κ3) is 3.89. The molecule has 3 nitrogen and oxygen atoms in total. The molecule has 0 bridgehead atoms. The molecule has 0 saturated heterocycles. The molecule has 0 heterocycles. The minimum atomic E-state index is -0.981. The van der Waals surface area contributed by atoms with Gasteiger partial charge >= 0.3 is 0 Å². The Morgan fingerprint density at radius 3 is 2.57 bits per heavy atom. The molecule has 0 radical (unpaired) electrons. The highest BCUT2D eigenvalue weighted by Crippen LogP contribution is 2.17. The molecule has 21 heavy (non-hydrogen) atoms. The smallest absolute Gasteiger partial charge is 0.162 e. The van der Waals surface area contributed by atoms with Crippen LogP contribution in [0, 0.1) is 28.8 Å². The summed E-state index contributed by atoms with van der Waals surface area (Å²) in [5.41, 5.74) is 0.663. The van der Waals surface area contributed by atoms with Gasteiger partial charge in [0.1, 0.15) is 24.2 Å². The lowest BCUT2D eigenvalue weighted by Crippen LogP contribution is -2.12. The second-order valence-electron chi connectivity index (χ2n) is 4.15. The molecule has 0 fully saturated rings. The molecule has 0 aliphatic carbocycles. The summed E-state index contributed by atoms with van der Waals surface area (Å²) in [4.78, 5) is 0. The number of hydrogen-bond acceptors (Lipinski definition) is 3. The predicted octanol–water partition coefficient (Wildman–Crippen LogP) is 3.47. The first kappa shape index (κ1) is 14.7. The lowest BCUT2D eigenvalue weighted by Gasteiger charge is -2.10. The van der Waals surface area contributed by atoms with E-state index >= 15 is 0 Å². The number of rotatable bonds is 5. The van der Waals surface area contributed by atoms with Crippen molar-refractivity contribution in [3.05, 3.63) is 59.4 Å². The van der Waals surface area contributed by atoms with Crippen LogP contribution in [0.5, 0.6) is 5.75 Å². The fourth-order valence-electron chi connectivity index (χ4n) is 1.68. The van der Waals surface area contributed by atoms with Crippen molar-refractivity contribution in [2.75, 3.05) is 18.5 Å². The number of nitriles is 1. The number of hydrogen-bond donors (Lipinski definition) is 1. The van der Waals surface area contributed by atoms with Gasteiger partial charge in [-0.25, -0.2) is 13.2 Å². The van der Waals surface area contributed by atoms with E-state index in [1.165, 1.54) is 18.2 Å². The number of nitrogens with zero attached hydrogens (tertiary/aromatic N) is 1. The van der Waals surface area contributed by atoms with Crippen molar-refractivity contribution < 1.29 is 17.9 Å². The van der Waals surface area contributed by atoms with Gasteiger partial charge in [-0.3, -0.25) is 0 Å². The Labute approximate surface area is 119 Å². The van der Waals surface area contributed by atoms with Gasteiger partial charge in [0.15, 0.2) is 11.6 Å². The van der Waals surface area contributed by atoms with E-state index in [2.05, 4.69) is 5.32 Å². The first-order chi connectivity index (χ1) is 10.1. The summed E-state index contributed by atoms with van der Waals surface area (Å²) in [5.74, 6) is -2.21. The molecule has 2 aromatic carbocycles. The predicted molar refractivity (Wildman–Crippen MR) is 71.5 cm³/mol. The summed E-state index contributed by atoms with van der Waals surface area (Å²) in [6, 6.07) is 8.93.